The molecule has 1 heterocycles. The van der Waals surface area contributed by atoms with E-state index in [1.807, 2.05) is 46.9 Å². The number of halogens is 3. The molecule has 35 heavy (non-hydrogen) atoms. The lowest BCUT2D eigenvalue weighted by molar-refractivity contribution is -0.123. The van der Waals surface area contributed by atoms with Crippen molar-refractivity contribution in [3.05, 3.63) is 94.4 Å². The number of hydrogen-bond donors (Lipinski definition) is 0. The van der Waals surface area contributed by atoms with Gasteiger partial charge in [0.15, 0.2) is 11.5 Å². The molecular formula is C25H16ClI2NO5S. The van der Waals surface area contributed by atoms with Gasteiger partial charge in [-0.3, -0.25) is 14.5 Å². The third kappa shape index (κ3) is 6.19. The smallest absolute Gasteiger partial charge is 0.343 e. The molecule has 0 radical (unpaired) electrons. The van der Waals surface area contributed by atoms with Crippen LogP contribution in [0.3, 0.4) is 0 Å². The highest BCUT2D eigenvalue weighted by Crippen LogP contribution is 2.38. The predicted molar refractivity (Wildman–Crippen MR) is 153 cm³/mol. The molecule has 6 nitrogen and oxygen atoms in total. The third-order valence-corrected chi connectivity index (χ3v) is 7.60. The maximum Gasteiger partial charge on any atom is 0.343 e. The lowest BCUT2D eigenvalue weighted by Gasteiger charge is -2.13. The number of hydrogen-bond acceptors (Lipinski definition) is 6. The van der Waals surface area contributed by atoms with Gasteiger partial charge in [0.2, 0.25) is 0 Å². The molecule has 0 saturated carbocycles. The summed E-state index contributed by atoms with van der Waals surface area (Å²) in [6, 6.07) is 17.5. The van der Waals surface area contributed by atoms with Gasteiger partial charge in [-0.25, -0.2) is 4.79 Å². The van der Waals surface area contributed by atoms with E-state index in [1.54, 1.807) is 36.4 Å². The molecule has 0 unspecified atom stereocenters. The number of imide groups is 1. The fourth-order valence-electron chi connectivity index (χ4n) is 3.25. The highest BCUT2D eigenvalue weighted by Gasteiger charge is 2.35. The van der Waals surface area contributed by atoms with Crippen LogP contribution < -0.4 is 9.47 Å². The summed E-state index contributed by atoms with van der Waals surface area (Å²) in [7, 11) is 1.46. The van der Waals surface area contributed by atoms with Crippen molar-refractivity contribution in [2.75, 3.05) is 7.11 Å². The second kappa shape index (κ2) is 11.3. The first kappa shape index (κ1) is 26.0. The number of esters is 1. The Morgan fingerprint density at radius 2 is 1.83 bits per heavy atom. The molecule has 1 saturated heterocycles. The maximum absolute atomic E-state index is 12.9. The van der Waals surface area contributed by atoms with Crippen molar-refractivity contribution < 1.29 is 23.9 Å². The first-order chi connectivity index (χ1) is 16.7. The van der Waals surface area contributed by atoms with Gasteiger partial charge in [0.25, 0.3) is 11.1 Å². The van der Waals surface area contributed by atoms with Crippen molar-refractivity contribution in [1.82, 2.24) is 4.90 Å². The van der Waals surface area contributed by atoms with Gasteiger partial charge < -0.3 is 9.47 Å². The molecule has 1 aliphatic heterocycles. The number of carbonyl (C=O) groups is 3. The number of thioether (sulfide) groups is 1. The van der Waals surface area contributed by atoms with Crippen molar-refractivity contribution in [1.29, 1.82) is 0 Å². The Balaban J connectivity index is 1.56. The van der Waals surface area contributed by atoms with Crippen molar-refractivity contribution in [3.8, 4) is 11.5 Å². The number of nitrogens with zero attached hydrogens (tertiary/aromatic N) is 1. The summed E-state index contributed by atoms with van der Waals surface area (Å²) in [5.74, 6) is -0.365. The van der Waals surface area contributed by atoms with Gasteiger partial charge in [-0.2, -0.15) is 0 Å². The Bertz CT molecular complexity index is 1360. The van der Waals surface area contributed by atoms with Crippen LogP contribution in [0.2, 0.25) is 5.02 Å². The van der Waals surface area contributed by atoms with Crippen molar-refractivity contribution in [3.63, 3.8) is 0 Å². The molecule has 0 aliphatic carbocycles. The van der Waals surface area contributed by atoms with Crippen molar-refractivity contribution in [2.45, 2.75) is 6.54 Å². The molecule has 0 bridgehead atoms. The Morgan fingerprint density at radius 1 is 1.09 bits per heavy atom. The number of rotatable bonds is 6. The van der Waals surface area contributed by atoms with Gasteiger partial charge >= 0.3 is 5.97 Å². The average molecular weight is 732 g/mol. The Morgan fingerprint density at radius 3 is 2.51 bits per heavy atom. The molecule has 3 aromatic carbocycles. The van der Waals surface area contributed by atoms with E-state index in [0.29, 0.717) is 30.4 Å². The van der Waals surface area contributed by atoms with Gasteiger partial charge in [0.05, 0.1) is 27.7 Å². The molecule has 10 heteroatoms. The van der Waals surface area contributed by atoms with Crippen LogP contribution in [0.1, 0.15) is 21.5 Å². The second-order valence-corrected chi connectivity index (χ2v) is 11.2. The van der Waals surface area contributed by atoms with Crippen molar-refractivity contribution in [2.24, 2.45) is 0 Å². The van der Waals surface area contributed by atoms with E-state index in [4.69, 9.17) is 21.1 Å². The van der Waals surface area contributed by atoms with E-state index in [9.17, 15) is 14.4 Å². The highest BCUT2D eigenvalue weighted by molar-refractivity contribution is 14.1. The van der Waals surface area contributed by atoms with Gasteiger partial charge in [0.1, 0.15) is 0 Å². The highest BCUT2D eigenvalue weighted by atomic mass is 127. The van der Waals surface area contributed by atoms with E-state index in [0.717, 1.165) is 20.9 Å². The quantitative estimate of drug-likeness (QED) is 0.118. The minimum absolute atomic E-state index is 0.207. The fraction of sp³-hybridized carbons (Fsp3) is 0.0800. The normalized spacial score (nSPS) is 14.5. The second-order valence-electron chi connectivity index (χ2n) is 7.33. The van der Waals surface area contributed by atoms with Crippen LogP contribution in [0.15, 0.2) is 65.6 Å². The lowest BCUT2D eigenvalue weighted by Crippen LogP contribution is -2.27. The monoisotopic (exact) mass is 731 g/mol. The van der Waals surface area contributed by atoms with E-state index < -0.39 is 5.97 Å². The van der Waals surface area contributed by atoms with E-state index in [1.165, 1.54) is 18.1 Å². The van der Waals surface area contributed by atoms with Gasteiger partial charge in [-0.1, -0.05) is 29.8 Å². The Kier molecular flexibility index (Phi) is 8.40. The van der Waals surface area contributed by atoms with E-state index in [-0.39, 0.29) is 23.4 Å². The zero-order valence-electron chi connectivity index (χ0n) is 18.1. The summed E-state index contributed by atoms with van der Waals surface area (Å²) < 4.78 is 12.7. The third-order valence-electron chi connectivity index (χ3n) is 4.93. The van der Waals surface area contributed by atoms with Crippen LogP contribution in [0, 0.1) is 7.14 Å². The van der Waals surface area contributed by atoms with Crippen LogP contribution in [0.5, 0.6) is 11.5 Å². The summed E-state index contributed by atoms with van der Waals surface area (Å²) in [6.45, 7) is 0.207. The summed E-state index contributed by atoms with van der Waals surface area (Å²) in [5.41, 5.74) is 1.81. The number of benzene rings is 3. The summed E-state index contributed by atoms with van der Waals surface area (Å²) in [6.07, 6.45) is 1.63. The predicted octanol–water partition coefficient (Wildman–Crippen LogP) is 7.01. The number of carbonyl (C=O) groups excluding carboxylic acids is 3. The van der Waals surface area contributed by atoms with Crippen LogP contribution in [-0.4, -0.2) is 29.1 Å². The molecule has 0 spiro atoms. The largest absolute Gasteiger partial charge is 0.493 e. The molecule has 0 aromatic heterocycles. The van der Waals surface area contributed by atoms with Crippen LogP contribution in [0.25, 0.3) is 6.08 Å². The average Bonchev–Trinajstić information content (AvgIpc) is 3.09. The molecule has 0 N–H and O–H groups in total. The van der Waals surface area contributed by atoms with Crippen LogP contribution in [0.4, 0.5) is 4.79 Å². The van der Waals surface area contributed by atoms with Crippen LogP contribution in [-0.2, 0) is 11.3 Å². The first-order valence-electron chi connectivity index (χ1n) is 10.1. The molecular weight excluding hydrogens is 716 g/mol. The minimum Gasteiger partial charge on any atom is -0.493 e. The van der Waals surface area contributed by atoms with Crippen LogP contribution >= 0.6 is 68.5 Å². The maximum atomic E-state index is 12.9. The first-order valence-corrected chi connectivity index (χ1v) is 13.5. The Hall–Kier alpha value is -2.09. The molecule has 0 atom stereocenters. The standard InChI is InChI=1S/C25H16ClI2NO5S/c1-33-20-10-15(9-19(28)22(20)34-24(31)16-3-2-4-17(26)12-16)11-21-23(30)29(25(32)35-21)13-14-5-7-18(27)8-6-14/h2-12H,13H2,1H3/b21-11-. The summed E-state index contributed by atoms with van der Waals surface area (Å²) in [4.78, 5) is 39.6. The van der Waals surface area contributed by atoms with Gasteiger partial charge in [-0.05, 0) is 117 Å². The molecule has 2 amide bonds. The molecule has 4 rings (SSSR count). The van der Waals surface area contributed by atoms with Crippen molar-refractivity contribution >= 4 is 91.7 Å². The topological polar surface area (TPSA) is 72.9 Å². The molecule has 1 aliphatic rings. The summed E-state index contributed by atoms with van der Waals surface area (Å²) >= 11 is 11.1. The van der Waals surface area contributed by atoms with E-state index in [2.05, 4.69) is 22.6 Å². The number of ether oxygens (including phenoxy) is 2. The lowest BCUT2D eigenvalue weighted by atomic mass is 10.1. The fourth-order valence-corrected chi connectivity index (χ4v) is 5.37. The van der Waals surface area contributed by atoms with Gasteiger partial charge in [0, 0.05) is 8.59 Å². The minimum atomic E-state index is -0.576. The number of methoxy groups -OCH3 is 1. The Labute approximate surface area is 238 Å². The molecule has 178 valence electrons. The van der Waals surface area contributed by atoms with Gasteiger partial charge in [-0.15, -0.1) is 0 Å². The number of amides is 2. The zero-order valence-corrected chi connectivity index (χ0v) is 24.0. The zero-order chi connectivity index (χ0) is 25.1. The molecule has 1 fully saturated rings. The molecule has 3 aromatic rings. The van der Waals surface area contributed by atoms with E-state index >= 15 is 0 Å². The SMILES string of the molecule is COc1cc(/C=C2\SC(=O)N(Cc3ccc(I)cc3)C2=O)cc(I)c1OC(=O)c1cccc(Cl)c1. The summed E-state index contributed by atoms with van der Waals surface area (Å²) in [5, 5.41) is 0.0981.